The number of anilines is 1. The van der Waals surface area contributed by atoms with Gasteiger partial charge in [-0.05, 0) is 42.8 Å². The summed E-state index contributed by atoms with van der Waals surface area (Å²) in [6.07, 6.45) is 1.60. The third-order valence-electron chi connectivity index (χ3n) is 3.10. The Morgan fingerprint density at radius 2 is 1.95 bits per heavy atom. The monoisotopic (exact) mass is 268 g/mol. The van der Waals surface area contributed by atoms with Gasteiger partial charge in [-0.2, -0.15) is 0 Å². The fourth-order valence-corrected chi connectivity index (χ4v) is 2.08. The quantitative estimate of drug-likeness (QED) is 0.713. The van der Waals surface area contributed by atoms with E-state index in [0.29, 0.717) is 11.6 Å². The van der Waals surface area contributed by atoms with Gasteiger partial charge in [-0.3, -0.25) is 0 Å². The number of nitrogen functional groups attached to an aromatic ring is 1. The standard InChI is InChI=1S/C16H13FN2O/c1-10-5-6-13(17)15(9-10)20-16-12-3-2-4-14(18)11(12)7-8-19-16/h2-9H,18H2,1H3. The van der Waals surface area contributed by atoms with E-state index >= 15 is 0 Å². The molecule has 0 unspecified atom stereocenters. The maximum Gasteiger partial charge on any atom is 0.227 e. The molecule has 0 fully saturated rings. The van der Waals surface area contributed by atoms with E-state index in [1.165, 1.54) is 6.07 Å². The molecule has 1 heterocycles. The maximum atomic E-state index is 13.8. The summed E-state index contributed by atoms with van der Waals surface area (Å²) >= 11 is 0. The Kier molecular flexibility index (Phi) is 2.99. The largest absolute Gasteiger partial charge is 0.435 e. The molecule has 0 atom stereocenters. The molecule has 2 aromatic carbocycles. The lowest BCUT2D eigenvalue weighted by Gasteiger charge is -2.10. The molecule has 3 aromatic rings. The van der Waals surface area contributed by atoms with Gasteiger partial charge in [0.2, 0.25) is 5.88 Å². The molecule has 0 aliphatic carbocycles. The van der Waals surface area contributed by atoms with Crippen LogP contribution in [0, 0.1) is 12.7 Å². The van der Waals surface area contributed by atoms with Crippen molar-refractivity contribution in [2.45, 2.75) is 6.92 Å². The molecule has 3 nitrogen and oxygen atoms in total. The van der Waals surface area contributed by atoms with Crippen LogP contribution in [-0.2, 0) is 0 Å². The number of aromatic nitrogens is 1. The summed E-state index contributed by atoms with van der Waals surface area (Å²) in [4.78, 5) is 4.17. The van der Waals surface area contributed by atoms with Crippen LogP contribution in [0.4, 0.5) is 10.1 Å². The molecule has 0 saturated carbocycles. The average molecular weight is 268 g/mol. The van der Waals surface area contributed by atoms with Crippen molar-refractivity contribution in [3.05, 3.63) is 60.0 Å². The Balaban J connectivity index is 2.11. The molecule has 2 N–H and O–H groups in total. The van der Waals surface area contributed by atoms with E-state index in [1.54, 1.807) is 24.4 Å². The minimum Gasteiger partial charge on any atom is -0.435 e. The van der Waals surface area contributed by atoms with Crippen LogP contribution in [0.5, 0.6) is 11.6 Å². The molecule has 0 bridgehead atoms. The third kappa shape index (κ3) is 2.16. The average Bonchev–Trinajstić information content (AvgIpc) is 2.44. The minimum absolute atomic E-state index is 0.160. The van der Waals surface area contributed by atoms with E-state index in [4.69, 9.17) is 10.5 Å². The number of aryl methyl sites for hydroxylation is 1. The Hall–Kier alpha value is -2.62. The summed E-state index contributed by atoms with van der Waals surface area (Å²) < 4.78 is 19.4. The normalized spacial score (nSPS) is 10.7. The van der Waals surface area contributed by atoms with Crippen LogP contribution in [0.2, 0.25) is 0 Å². The summed E-state index contributed by atoms with van der Waals surface area (Å²) in [5.41, 5.74) is 7.47. The molecule has 20 heavy (non-hydrogen) atoms. The molecular weight excluding hydrogens is 255 g/mol. The summed E-state index contributed by atoms with van der Waals surface area (Å²) in [7, 11) is 0. The Morgan fingerprint density at radius 1 is 1.10 bits per heavy atom. The lowest BCUT2D eigenvalue weighted by molar-refractivity contribution is 0.432. The molecular formula is C16H13FN2O. The van der Waals surface area contributed by atoms with Gasteiger partial charge in [0, 0.05) is 22.7 Å². The maximum absolute atomic E-state index is 13.8. The number of rotatable bonds is 2. The van der Waals surface area contributed by atoms with Gasteiger partial charge in [0.25, 0.3) is 0 Å². The molecule has 0 saturated heterocycles. The number of halogens is 1. The number of benzene rings is 2. The first-order valence-electron chi connectivity index (χ1n) is 6.22. The topological polar surface area (TPSA) is 48.1 Å². The van der Waals surface area contributed by atoms with Crippen molar-refractivity contribution in [3.63, 3.8) is 0 Å². The van der Waals surface area contributed by atoms with Gasteiger partial charge < -0.3 is 10.5 Å². The predicted octanol–water partition coefficient (Wildman–Crippen LogP) is 4.06. The molecule has 0 aliphatic rings. The zero-order valence-electron chi connectivity index (χ0n) is 10.9. The zero-order valence-corrected chi connectivity index (χ0v) is 10.9. The van der Waals surface area contributed by atoms with Crippen molar-refractivity contribution in [1.29, 1.82) is 0 Å². The Labute approximate surface area is 115 Å². The second-order valence-electron chi connectivity index (χ2n) is 4.59. The van der Waals surface area contributed by atoms with Crippen molar-refractivity contribution in [2.75, 3.05) is 5.73 Å². The first kappa shape index (κ1) is 12.4. The summed E-state index contributed by atoms with van der Waals surface area (Å²) in [5, 5.41) is 1.60. The Bertz CT molecular complexity index is 787. The van der Waals surface area contributed by atoms with Gasteiger partial charge in [0.15, 0.2) is 11.6 Å². The highest BCUT2D eigenvalue weighted by Gasteiger charge is 2.10. The van der Waals surface area contributed by atoms with Crippen LogP contribution >= 0.6 is 0 Å². The lowest BCUT2D eigenvalue weighted by Crippen LogP contribution is -1.94. The fourth-order valence-electron chi connectivity index (χ4n) is 2.08. The number of nitrogens with two attached hydrogens (primary N) is 1. The van der Waals surface area contributed by atoms with Crippen molar-refractivity contribution >= 4 is 16.5 Å². The highest BCUT2D eigenvalue weighted by molar-refractivity contribution is 5.95. The van der Waals surface area contributed by atoms with Gasteiger partial charge >= 0.3 is 0 Å². The van der Waals surface area contributed by atoms with Gasteiger partial charge in [-0.1, -0.05) is 12.1 Å². The fraction of sp³-hybridized carbons (Fsp3) is 0.0625. The molecule has 0 radical (unpaired) electrons. The molecule has 4 heteroatoms. The summed E-state index contributed by atoms with van der Waals surface area (Å²) in [5.74, 6) is 0.0880. The molecule has 0 amide bonds. The SMILES string of the molecule is Cc1ccc(F)c(Oc2nccc3c(N)cccc23)c1. The van der Waals surface area contributed by atoms with Crippen molar-refractivity contribution in [3.8, 4) is 11.6 Å². The van der Waals surface area contributed by atoms with E-state index in [9.17, 15) is 4.39 Å². The molecule has 100 valence electrons. The van der Waals surface area contributed by atoms with Crippen LogP contribution in [0.15, 0.2) is 48.7 Å². The highest BCUT2D eigenvalue weighted by atomic mass is 19.1. The van der Waals surface area contributed by atoms with Gasteiger partial charge in [0.05, 0.1) is 0 Å². The van der Waals surface area contributed by atoms with Crippen molar-refractivity contribution in [1.82, 2.24) is 4.98 Å². The number of nitrogens with zero attached hydrogens (tertiary/aromatic N) is 1. The van der Waals surface area contributed by atoms with Gasteiger partial charge in [-0.15, -0.1) is 0 Å². The van der Waals surface area contributed by atoms with Crippen LogP contribution in [0.3, 0.4) is 0 Å². The first-order valence-corrected chi connectivity index (χ1v) is 6.22. The number of fused-ring (bicyclic) bond motifs is 1. The summed E-state index contributed by atoms with van der Waals surface area (Å²) in [6, 6.07) is 12.0. The minimum atomic E-state index is -0.418. The molecule has 3 rings (SSSR count). The first-order chi connectivity index (χ1) is 9.65. The van der Waals surface area contributed by atoms with Gasteiger partial charge in [-0.25, -0.2) is 9.37 Å². The van der Waals surface area contributed by atoms with E-state index in [-0.39, 0.29) is 5.75 Å². The second-order valence-corrected chi connectivity index (χ2v) is 4.59. The van der Waals surface area contributed by atoms with Crippen LogP contribution in [0.1, 0.15) is 5.56 Å². The van der Waals surface area contributed by atoms with Crippen LogP contribution in [0.25, 0.3) is 10.8 Å². The molecule has 1 aromatic heterocycles. The molecule has 0 spiro atoms. The second kappa shape index (κ2) is 4.81. The van der Waals surface area contributed by atoms with E-state index in [1.807, 2.05) is 25.1 Å². The number of hydrogen-bond donors (Lipinski definition) is 1. The van der Waals surface area contributed by atoms with E-state index < -0.39 is 5.82 Å². The van der Waals surface area contributed by atoms with Crippen LogP contribution in [-0.4, -0.2) is 4.98 Å². The van der Waals surface area contributed by atoms with Crippen molar-refractivity contribution in [2.24, 2.45) is 0 Å². The Morgan fingerprint density at radius 3 is 2.80 bits per heavy atom. The predicted molar refractivity (Wildman–Crippen MR) is 77.4 cm³/mol. The highest BCUT2D eigenvalue weighted by Crippen LogP contribution is 2.31. The van der Waals surface area contributed by atoms with E-state index in [2.05, 4.69) is 4.98 Å². The third-order valence-corrected chi connectivity index (χ3v) is 3.10. The number of pyridine rings is 1. The lowest BCUT2D eigenvalue weighted by atomic mass is 10.1. The van der Waals surface area contributed by atoms with Crippen molar-refractivity contribution < 1.29 is 9.13 Å². The number of hydrogen-bond acceptors (Lipinski definition) is 3. The smallest absolute Gasteiger partial charge is 0.227 e. The molecule has 0 aliphatic heterocycles. The summed E-state index contributed by atoms with van der Waals surface area (Å²) in [6.45, 7) is 1.88. The number of ether oxygens (including phenoxy) is 1. The van der Waals surface area contributed by atoms with Crippen LogP contribution < -0.4 is 10.5 Å². The zero-order chi connectivity index (χ0) is 14.1. The van der Waals surface area contributed by atoms with E-state index in [0.717, 1.165) is 16.3 Å². The van der Waals surface area contributed by atoms with Gasteiger partial charge in [0.1, 0.15) is 0 Å².